The first kappa shape index (κ1) is 13.9. The molecule has 1 aromatic carbocycles. The van der Waals surface area contributed by atoms with Crippen LogP contribution in [0.15, 0.2) is 24.3 Å². The Labute approximate surface area is 114 Å². The van der Waals surface area contributed by atoms with Crippen molar-refractivity contribution in [1.82, 2.24) is 0 Å². The number of nitrogens with one attached hydrogen (secondary N) is 1. The Kier molecular flexibility index (Phi) is 4.10. The van der Waals surface area contributed by atoms with E-state index in [4.69, 9.17) is 4.74 Å². The molecule has 0 aliphatic carbocycles. The molecule has 104 valence electrons. The Morgan fingerprint density at radius 1 is 1.42 bits per heavy atom. The summed E-state index contributed by atoms with van der Waals surface area (Å²) in [6.07, 6.45) is 1.34. The molecular formula is C15H22N2O2. The van der Waals surface area contributed by atoms with Gasteiger partial charge in [0.1, 0.15) is 0 Å². The van der Waals surface area contributed by atoms with Crippen molar-refractivity contribution in [3.05, 3.63) is 24.3 Å². The minimum Gasteiger partial charge on any atom is -0.383 e. The van der Waals surface area contributed by atoms with Gasteiger partial charge in [-0.15, -0.1) is 0 Å². The highest BCUT2D eigenvalue weighted by atomic mass is 16.5. The molecule has 0 fully saturated rings. The van der Waals surface area contributed by atoms with E-state index in [0.717, 1.165) is 30.9 Å². The Morgan fingerprint density at radius 3 is 2.89 bits per heavy atom. The lowest BCUT2D eigenvalue weighted by Crippen LogP contribution is -2.37. The summed E-state index contributed by atoms with van der Waals surface area (Å²) in [6.45, 7) is 5.52. The van der Waals surface area contributed by atoms with E-state index in [1.165, 1.54) is 0 Å². The fourth-order valence-corrected chi connectivity index (χ4v) is 2.23. The molecular weight excluding hydrogens is 240 g/mol. The number of hydrogen-bond acceptors (Lipinski definition) is 3. The fraction of sp³-hybridized carbons (Fsp3) is 0.533. The molecule has 1 aromatic rings. The second-order valence-corrected chi connectivity index (χ2v) is 5.48. The van der Waals surface area contributed by atoms with E-state index < -0.39 is 5.60 Å². The summed E-state index contributed by atoms with van der Waals surface area (Å²) in [5.74, 6) is 0.114. The molecule has 1 heterocycles. The second kappa shape index (κ2) is 5.61. The van der Waals surface area contributed by atoms with Gasteiger partial charge >= 0.3 is 0 Å². The SMILES string of the molecule is COC(C)(C)CC(=O)N1CCCNc2ccccc21. The van der Waals surface area contributed by atoms with Crippen molar-refractivity contribution in [2.24, 2.45) is 0 Å². The Morgan fingerprint density at radius 2 is 2.16 bits per heavy atom. The maximum absolute atomic E-state index is 12.5. The minimum absolute atomic E-state index is 0.114. The number of ether oxygens (including phenoxy) is 1. The number of methoxy groups -OCH3 is 1. The zero-order chi connectivity index (χ0) is 13.9. The highest BCUT2D eigenvalue weighted by Gasteiger charge is 2.27. The number of para-hydroxylation sites is 2. The summed E-state index contributed by atoms with van der Waals surface area (Å²) in [6, 6.07) is 7.96. The average Bonchev–Trinajstić information content (AvgIpc) is 2.60. The number of rotatable bonds is 3. The van der Waals surface area contributed by atoms with Gasteiger partial charge in [-0.2, -0.15) is 0 Å². The van der Waals surface area contributed by atoms with Gasteiger partial charge in [0.05, 0.1) is 23.4 Å². The molecule has 1 amide bonds. The number of carbonyl (C=O) groups is 1. The van der Waals surface area contributed by atoms with E-state index in [2.05, 4.69) is 5.32 Å². The van der Waals surface area contributed by atoms with E-state index in [0.29, 0.717) is 6.42 Å². The maximum atomic E-state index is 12.5. The van der Waals surface area contributed by atoms with Gasteiger partial charge in [0, 0.05) is 20.2 Å². The minimum atomic E-state index is -0.425. The average molecular weight is 262 g/mol. The van der Waals surface area contributed by atoms with Crippen LogP contribution in [0, 0.1) is 0 Å². The zero-order valence-corrected chi connectivity index (χ0v) is 11.9. The monoisotopic (exact) mass is 262 g/mol. The van der Waals surface area contributed by atoms with Gasteiger partial charge in [-0.3, -0.25) is 4.79 Å². The van der Waals surface area contributed by atoms with Gasteiger partial charge in [-0.1, -0.05) is 12.1 Å². The summed E-state index contributed by atoms with van der Waals surface area (Å²) >= 11 is 0. The first-order valence-electron chi connectivity index (χ1n) is 6.72. The fourth-order valence-electron chi connectivity index (χ4n) is 2.23. The van der Waals surface area contributed by atoms with Gasteiger partial charge in [-0.05, 0) is 32.4 Å². The molecule has 1 N–H and O–H groups in total. The predicted octanol–water partition coefficient (Wildman–Crippen LogP) is 2.65. The van der Waals surface area contributed by atoms with Gasteiger partial charge in [0.2, 0.25) is 5.91 Å². The highest BCUT2D eigenvalue weighted by Crippen LogP contribution is 2.29. The van der Waals surface area contributed by atoms with Crippen LogP contribution in [0.2, 0.25) is 0 Å². The summed E-state index contributed by atoms with van der Waals surface area (Å²) in [5, 5.41) is 3.36. The largest absolute Gasteiger partial charge is 0.383 e. The molecule has 2 rings (SSSR count). The van der Waals surface area contributed by atoms with Crippen molar-refractivity contribution in [3.8, 4) is 0 Å². The van der Waals surface area contributed by atoms with Crippen LogP contribution in [0.4, 0.5) is 11.4 Å². The molecule has 0 radical (unpaired) electrons. The van der Waals surface area contributed by atoms with Crippen LogP contribution >= 0.6 is 0 Å². The number of amides is 1. The molecule has 0 atom stereocenters. The first-order valence-corrected chi connectivity index (χ1v) is 6.72. The summed E-state index contributed by atoms with van der Waals surface area (Å²) < 4.78 is 5.36. The van der Waals surface area contributed by atoms with E-state index in [1.54, 1.807) is 7.11 Å². The summed E-state index contributed by atoms with van der Waals surface area (Å²) in [5.41, 5.74) is 1.58. The van der Waals surface area contributed by atoms with Crippen molar-refractivity contribution in [3.63, 3.8) is 0 Å². The standard InChI is InChI=1S/C15H22N2O2/c1-15(2,19-3)11-14(18)17-10-6-9-16-12-7-4-5-8-13(12)17/h4-5,7-8,16H,6,9-11H2,1-3H3. The zero-order valence-electron chi connectivity index (χ0n) is 11.9. The van der Waals surface area contributed by atoms with Crippen molar-refractivity contribution in [2.75, 3.05) is 30.4 Å². The van der Waals surface area contributed by atoms with E-state index in [-0.39, 0.29) is 5.91 Å². The van der Waals surface area contributed by atoms with E-state index >= 15 is 0 Å². The molecule has 1 aliphatic heterocycles. The molecule has 0 unspecified atom stereocenters. The van der Waals surface area contributed by atoms with E-state index in [1.807, 2.05) is 43.0 Å². The lowest BCUT2D eigenvalue weighted by molar-refractivity contribution is -0.123. The molecule has 0 saturated heterocycles. The summed E-state index contributed by atoms with van der Waals surface area (Å²) in [7, 11) is 1.64. The molecule has 0 saturated carbocycles. The third kappa shape index (κ3) is 3.26. The number of benzene rings is 1. The van der Waals surface area contributed by atoms with Crippen LogP contribution in [-0.4, -0.2) is 31.7 Å². The Balaban J connectivity index is 2.22. The maximum Gasteiger partial charge on any atom is 0.229 e. The quantitative estimate of drug-likeness (QED) is 0.910. The third-order valence-corrected chi connectivity index (χ3v) is 3.50. The molecule has 1 aliphatic rings. The molecule has 4 heteroatoms. The second-order valence-electron chi connectivity index (χ2n) is 5.48. The van der Waals surface area contributed by atoms with E-state index in [9.17, 15) is 4.79 Å². The van der Waals surface area contributed by atoms with Gasteiger partial charge in [0.15, 0.2) is 0 Å². The van der Waals surface area contributed by atoms with Crippen LogP contribution in [0.1, 0.15) is 26.7 Å². The van der Waals surface area contributed by atoms with Gasteiger partial charge in [-0.25, -0.2) is 0 Å². The van der Waals surface area contributed by atoms with Crippen molar-refractivity contribution in [2.45, 2.75) is 32.3 Å². The molecule has 4 nitrogen and oxygen atoms in total. The molecule has 0 bridgehead atoms. The van der Waals surface area contributed by atoms with Crippen LogP contribution < -0.4 is 10.2 Å². The lowest BCUT2D eigenvalue weighted by atomic mass is 10.0. The topological polar surface area (TPSA) is 41.6 Å². The Hall–Kier alpha value is -1.55. The molecule has 19 heavy (non-hydrogen) atoms. The predicted molar refractivity (Wildman–Crippen MR) is 77.6 cm³/mol. The number of hydrogen-bond donors (Lipinski definition) is 1. The van der Waals surface area contributed by atoms with Crippen molar-refractivity contribution in [1.29, 1.82) is 0 Å². The Bertz CT molecular complexity index is 457. The molecule has 0 aromatic heterocycles. The van der Waals surface area contributed by atoms with Crippen LogP contribution in [0.25, 0.3) is 0 Å². The smallest absolute Gasteiger partial charge is 0.229 e. The number of fused-ring (bicyclic) bond motifs is 1. The number of anilines is 2. The number of carbonyl (C=O) groups excluding carboxylic acids is 1. The van der Waals surface area contributed by atoms with Crippen LogP contribution in [0.3, 0.4) is 0 Å². The van der Waals surface area contributed by atoms with Crippen molar-refractivity contribution < 1.29 is 9.53 Å². The van der Waals surface area contributed by atoms with Crippen LogP contribution in [0.5, 0.6) is 0 Å². The normalized spacial score (nSPS) is 15.4. The first-order chi connectivity index (χ1) is 9.03. The highest BCUT2D eigenvalue weighted by molar-refractivity contribution is 5.97. The third-order valence-electron chi connectivity index (χ3n) is 3.50. The summed E-state index contributed by atoms with van der Waals surface area (Å²) in [4.78, 5) is 14.4. The molecule has 0 spiro atoms. The number of nitrogens with zero attached hydrogens (tertiary/aromatic N) is 1. The van der Waals surface area contributed by atoms with Crippen LogP contribution in [-0.2, 0) is 9.53 Å². The van der Waals surface area contributed by atoms with Gasteiger partial charge in [0.25, 0.3) is 0 Å². The van der Waals surface area contributed by atoms with Crippen molar-refractivity contribution >= 4 is 17.3 Å². The van der Waals surface area contributed by atoms with Gasteiger partial charge < -0.3 is 15.0 Å². The lowest BCUT2D eigenvalue weighted by Gasteiger charge is -2.28.